The van der Waals surface area contributed by atoms with Gasteiger partial charge in [-0.15, -0.1) is 10.2 Å². The van der Waals surface area contributed by atoms with Crippen LogP contribution in [0, 0.1) is 5.82 Å². The number of ether oxygens (including phenoxy) is 1. The van der Waals surface area contributed by atoms with Gasteiger partial charge in [0.1, 0.15) is 11.6 Å². The molecule has 2 aromatic carbocycles. The van der Waals surface area contributed by atoms with Crippen molar-refractivity contribution in [3.8, 4) is 5.75 Å². The molecule has 0 fully saturated rings. The number of benzene rings is 2. The van der Waals surface area contributed by atoms with E-state index in [1.807, 2.05) is 0 Å². The quantitative estimate of drug-likeness (QED) is 0.385. The van der Waals surface area contributed by atoms with Gasteiger partial charge in [0.15, 0.2) is 4.34 Å². The number of carbonyl (C=O) groups is 2. The Kier molecular flexibility index (Phi) is 7.61. The molecule has 0 spiro atoms. The molecule has 0 saturated heterocycles. The first-order valence-corrected chi connectivity index (χ1v) is 10.7. The lowest BCUT2D eigenvalue weighted by atomic mass is 10.2. The molecule has 0 saturated carbocycles. The highest BCUT2D eigenvalue weighted by Crippen LogP contribution is 2.27. The Morgan fingerprint density at radius 1 is 1.20 bits per heavy atom. The van der Waals surface area contributed by atoms with Gasteiger partial charge in [0.2, 0.25) is 11.0 Å². The second-order valence-corrected chi connectivity index (χ2v) is 8.50. The van der Waals surface area contributed by atoms with E-state index in [-0.39, 0.29) is 28.2 Å². The molecule has 2 N–H and O–H groups in total. The number of methoxy groups -OCH3 is 1. The van der Waals surface area contributed by atoms with E-state index >= 15 is 0 Å². The van der Waals surface area contributed by atoms with E-state index in [9.17, 15) is 14.0 Å². The van der Waals surface area contributed by atoms with Gasteiger partial charge in [-0.1, -0.05) is 46.8 Å². The van der Waals surface area contributed by atoms with Gasteiger partial charge in [0.25, 0.3) is 5.91 Å². The molecule has 2 amide bonds. The van der Waals surface area contributed by atoms with Gasteiger partial charge >= 0.3 is 0 Å². The van der Waals surface area contributed by atoms with Crippen LogP contribution in [0.2, 0.25) is 5.02 Å². The summed E-state index contributed by atoms with van der Waals surface area (Å²) in [6.45, 7) is 0.304. The zero-order valence-corrected chi connectivity index (χ0v) is 18.0. The van der Waals surface area contributed by atoms with Crippen molar-refractivity contribution in [3.05, 3.63) is 64.4 Å². The molecule has 0 aliphatic rings. The van der Waals surface area contributed by atoms with Crippen LogP contribution in [0.5, 0.6) is 5.75 Å². The monoisotopic (exact) mass is 466 g/mol. The number of carbonyl (C=O) groups excluding carboxylic acids is 2. The lowest BCUT2D eigenvalue weighted by molar-refractivity contribution is -0.118. The third-order valence-electron chi connectivity index (χ3n) is 3.76. The zero-order chi connectivity index (χ0) is 21.5. The minimum absolute atomic E-state index is 0.131. The first-order valence-electron chi connectivity index (χ1n) is 8.57. The molecule has 11 heteroatoms. The van der Waals surface area contributed by atoms with E-state index in [2.05, 4.69) is 20.8 Å². The molecule has 1 aromatic heterocycles. The Hall–Kier alpha value is -2.69. The molecular formula is C19H16ClFN4O3S2. The molecular weight excluding hydrogens is 451 g/mol. The van der Waals surface area contributed by atoms with Crippen LogP contribution in [-0.4, -0.2) is 34.9 Å². The molecule has 0 aliphatic heterocycles. The van der Waals surface area contributed by atoms with Crippen LogP contribution >= 0.6 is 34.7 Å². The summed E-state index contributed by atoms with van der Waals surface area (Å²) in [5.74, 6) is -0.443. The van der Waals surface area contributed by atoms with Crippen LogP contribution in [0.3, 0.4) is 0 Å². The Labute approximate surface area is 185 Å². The number of halogens is 2. The highest BCUT2D eigenvalue weighted by Gasteiger charge is 2.16. The summed E-state index contributed by atoms with van der Waals surface area (Å²) in [6, 6.07) is 10.6. The van der Waals surface area contributed by atoms with E-state index in [0.717, 1.165) is 16.9 Å². The summed E-state index contributed by atoms with van der Waals surface area (Å²) in [5, 5.41) is 14.0. The molecule has 3 rings (SSSR count). The largest absolute Gasteiger partial charge is 0.496 e. The third kappa shape index (κ3) is 6.15. The van der Waals surface area contributed by atoms with Crippen molar-refractivity contribution >= 4 is 51.6 Å². The standard InChI is InChI=1S/C19H16ClFN4O3S2/c1-28-15-7-4-12(20)8-14(15)17(27)23-18-24-25-19(30-18)29-10-16(26)22-9-11-2-5-13(21)6-3-11/h2-8H,9-10H2,1H3,(H,22,26)(H,23,24,27). The summed E-state index contributed by atoms with van der Waals surface area (Å²) < 4.78 is 18.6. The zero-order valence-electron chi connectivity index (χ0n) is 15.6. The lowest BCUT2D eigenvalue weighted by Gasteiger charge is -2.07. The fraction of sp³-hybridized carbons (Fsp3) is 0.158. The maximum atomic E-state index is 12.9. The highest BCUT2D eigenvalue weighted by atomic mass is 35.5. The molecule has 0 aliphatic carbocycles. The van der Waals surface area contributed by atoms with Gasteiger partial charge in [-0.25, -0.2) is 4.39 Å². The first kappa shape index (κ1) is 22.0. The number of anilines is 1. The molecule has 0 unspecified atom stereocenters. The number of nitrogens with zero attached hydrogens (tertiary/aromatic N) is 2. The minimum Gasteiger partial charge on any atom is -0.496 e. The second-order valence-electron chi connectivity index (χ2n) is 5.86. The topological polar surface area (TPSA) is 93.2 Å². The maximum absolute atomic E-state index is 12.9. The van der Waals surface area contributed by atoms with Crippen LogP contribution in [0.1, 0.15) is 15.9 Å². The SMILES string of the molecule is COc1ccc(Cl)cc1C(=O)Nc1nnc(SCC(=O)NCc2ccc(F)cc2)s1. The summed E-state index contributed by atoms with van der Waals surface area (Å²) in [6.07, 6.45) is 0. The summed E-state index contributed by atoms with van der Waals surface area (Å²) in [4.78, 5) is 24.4. The molecule has 7 nitrogen and oxygen atoms in total. The van der Waals surface area contributed by atoms with E-state index in [1.165, 1.54) is 37.1 Å². The van der Waals surface area contributed by atoms with Crippen molar-refractivity contribution in [2.45, 2.75) is 10.9 Å². The van der Waals surface area contributed by atoms with E-state index in [1.54, 1.807) is 24.3 Å². The number of nitrogens with one attached hydrogen (secondary N) is 2. The molecule has 3 aromatic rings. The van der Waals surface area contributed by atoms with Crippen molar-refractivity contribution in [3.63, 3.8) is 0 Å². The normalized spacial score (nSPS) is 10.5. The smallest absolute Gasteiger partial charge is 0.261 e. The predicted molar refractivity (Wildman–Crippen MR) is 115 cm³/mol. The van der Waals surface area contributed by atoms with Crippen molar-refractivity contribution in [2.75, 3.05) is 18.2 Å². The van der Waals surface area contributed by atoms with Gasteiger partial charge in [-0.3, -0.25) is 14.9 Å². The summed E-state index contributed by atoms with van der Waals surface area (Å²) in [7, 11) is 1.46. The maximum Gasteiger partial charge on any atom is 0.261 e. The van der Waals surface area contributed by atoms with E-state index in [4.69, 9.17) is 16.3 Å². The molecule has 0 bridgehead atoms. The van der Waals surface area contributed by atoms with E-state index in [0.29, 0.717) is 21.7 Å². The fourth-order valence-electron chi connectivity index (χ4n) is 2.32. The van der Waals surface area contributed by atoms with Crippen LogP contribution in [-0.2, 0) is 11.3 Å². The highest BCUT2D eigenvalue weighted by molar-refractivity contribution is 8.01. The van der Waals surface area contributed by atoms with Gasteiger partial charge in [-0.2, -0.15) is 0 Å². The average molecular weight is 467 g/mol. The number of rotatable bonds is 8. The Morgan fingerprint density at radius 3 is 2.70 bits per heavy atom. The Bertz CT molecular complexity index is 1050. The molecule has 1 heterocycles. The average Bonchev–Trinajstić information content (AvgIpc) is 3.19. The second kappa shape index (κ2) is 10.4. The summed E-state index contributed by atoms with van der Waals surface area (Å²) in [5.41, 5.74) is 1.07. The molecule has 0 atom stereocenters. The first-order chi connectivity index (χ1) is 14.4. The van der Waals surface area contributed by atoms with Crippen molar-refractivity contribution < 1.29 is 18.7 Å². The number of amides is 2. The number of hydrogen-bond acceptors (Lipinski definition) is 7. The van der Waals surface area contributed by atoms with Gasteiger partial charge in [-0.05, 0) is 35.9 Å². The predicted octanol–water partition coefficient (Wildman–Crippen LogP) is 4.00. The van der Waals surface area contributed by atoms with Crippen molar-refractivity contribution in [1.82, 2.24) is 15.5 Å². The lowest BCUT2D eigenvalue weighted by Crippen LogP contribution is -2.24. The van der Waals surface area contributed by atoms with Gasteiger partial charge in [0, 0.05) is 11.6 Å². The molecule has 156 valence electrons. The van der Waals surface area contributed by atoms with Gasteiger partial charge < -0.3 is 10.1 Å². The van der Waals surface area contributed by atoms with E-state index < -0.39 is 5.91 Å². The van der Waals surface area contributed by atoms with Crippen LogP contribution in [0.4, 0.5) is 9.52 Å². The minimum atomic E-state index is -0.431. The van der Waals surface area contributed by atoms with Crippen LogP contribution in [0.15, 0.2) is 46.8 Å². The fourth-order valence-corrected chi connectivity index (χ4v) is 4.07. The van der Waals surface area contributed by atoms with Crippen molar-refractivity contribution in [1.29, 1.82) is 0 Å². The van der Waals surface area contributed by atoms with Crippen LogP contribution in [0.25, 0.3) is 0 Å². The number of hydrogen-bond donors (Lipinski definition) is 2. The Balaban J connectivity index is 1.50. The van der Waals surface area contributed by atoms with Crippen LogP contribution < -0.4 is 15.4 Å². The number of thioether (sulfide) groups is 1. The van der Waals surface area contributed by atoms with Gasteiger partial charge in [0.05, 0.1) is 18.4 Å². The molecule has 30 heavy (non-hydrogen) atoms. The Morgan fingerprint density at radius 2 is 1.97 bits per heavy atom. The van der Waals surface area contributed by atoms with Crippen molar-refractivity contribution in [2.24, 2.45) is 0 Å². The summed E-state index contributed by atoms with van der Waals surface area (Å²) >= 11 is 8.29. The third-order valence-corrected chi connectivity index (χ3v) is 5.97. The molecule has 0 radical (unpaired) electrons. The number of aromatic nitrogens is 2.